The number of benzene rings is 1. The second-order valence-electron chi connectivity index (χ2n) is 17.0. The van der Waals surface area contributed by atoms with E-state index in [1.165, 1.54) is 17.3 Å². The number of aliphatic hydroxyl groups is 1. The number of carbonyl (C=O) groups is 1. The molecule has 8 rings (SSSR count). The average Bonchev–Trinajstić information content (AvgIpc) is 3.51. The number of rotatable bonds is 9. The zero-order valence-electron chi connectivity index (χ0n) is 33.1. The maximum atomic E-state index is 12.8. The summed E-state index contributed by atoms with van der Waals surface area (Å²) in [6.07, 6.45) is 6.14. The number of aromatic hydroxyl groups is 1. The highest BCUT2D eigenvalue weighted by atomic mass is 19.4. The van der Waals surface area contributed by atoms with Crippen LogP contribution in [0, 0.1) is 23.2 Å². The summed E-state index contributed by atoms with van der Waals surface area (Å²) < 4.78 is 42.4. The summed E-state index contributed by atoms with van der Waals surface area (Å²) >= 11 is 0. The number of ether oxygens (including phenoxy) is 1. The number of aromatic nitrogens is 4. The van der Waals surface area contributed by atoms with Crippen molar-refractivity contribution in [3.63, 3.8) is 0 Å². The number of hydrogen-bond donors (Lipinski definition) is 4. The largest absolute Gasteiger partial charge is 0.508 e. The molecule has 4 heterocycles. The third kappa shape index (κ3) is 9.86. The molecule has 2 aromatic heterocycles. The van der Waals surface area contributed by atoms with Crippen molar-refractivity contribution in [2.75, 3.05) is 58.3 Å². The summed E-state index contributed by atoms with van der Waals surface area (Å²) in [5, 5.41) is 35.6. The Kier molecular flexibility index (Phi) is 13.0. The normalized spacial score (nSPS) is 28.9. The Morgan fingerprint density at radius 2 is 1.88 bits per heavy atom. The molecule has 3 aliphatic carbocycles. The van der Waals surface area contributed by atoms with Gasteiger partial charge in [0.05, 0.1) is 36.8 Å². The number of hydrogen-bond acceptors (Lipinski definition) is 11. The van der Waals surface area contributed by atoms with Gasteiger partial charge in [0.2, 0.25) is 0 Å². The second-order valence-corrected chi connectivity index (χ2v) is 17.0. The minimum absolute atomic E-state index is 0.00142. The fourth-order valence-corrected chi connectivity index (χ4v) is 10.1. The van der Waals surface area contributed by atoms with Gasteiger partial charge in [-0.1, -0.05) is 13.0 Å². The summed E-state index contributed by atoms with van der Waals surface area (Å²) in [6, 6.07) is 9.66. The van der Waals surface area contributed by atoms with Gasteiger partial charge in [0, 0.05) is 45.9 Å². The predicted molar refractivity (Wildman–Crippen MR) is 208 cm³/mol. The number of amides is 1. The molecule has 1 amide bonds. The molecule has 7 atom stereocenters. The number of carbonyl (C=O) groups excluding carboxylic acids is 1. The summed E-state index contributed by atoms with van der Waals surface area (Å²) in [7, 11) is 2.15. The van der Waals surface area contributed by atoms with Gasteiger partial charge in [0.15, 0.2) is 11.4 Å². The third-order valence-corrected chi connectivity index (χ3v) is 13.2. The number of alkyl halides is 3. The highest BCUT2D eigenvalue weighted by Gasteiger charge is 2.56. The van der Waals surface area contributed by atoms with Crippen molar-refractivity contribution in [1.82, 2.24) is 35.3 Å². The highest BCUT2D eigenvalue weighted by Crippen LogP contribution is 2.62. The van der Waals surface area contributed by atoms with Crippen molar-refractivity contribution in [2.24, 2.45) is 23.2 Å². The molecule has 310 valence electrons. The first-order valence-corrected chi connectivity index (χ1v) is 20.6. The van der Waals surface area contributed by atoms with Gasteiger partial charge in [-0.25, -0.2) is 4.98 Å². The fourth-order valence-electron chi connectivity index (χ4n) is 10.1. The van der Waals surface area contributed by atoms with E-state index in [9.17, 15) is 28.2 Å². The number of phenols is 1. The molecular formula is C42H57F3N8O4. The van der Waals surface area contributed by atoms with E-state index in [4.69, 9.17) is 4.74 Å². The van der Waals surface area contributed by atoms with Crippen LogP contribution in [0.3, 0.4) is 0 Å². The quantitative estimate of drug-likeness (QED) is 0.199. The van der Waals surface area contributed by atoms with Gasteiger partial charge >= 0.3 is 6.18 Å². The Morgan fingerprint density at radius 3 is 2.61 bits per heavy atom. The van der Waals surface area contributed by atoms with Crippen LogP contribution in [0.1, 0.15) is 97.2 Å². The smallest absolute Gasteiger partial charge is 0.434 e. The Balaban J connectivity index is 0.000000244. The summed E-state index contributed by atoms with van der Waals surface area (Å²) in [5.41, 5.74) is 2.98. The summed E-state index contributed by atoms with van der Waals surface area (Å²) in [5.74, 6) is 2.36. The number of piperazine rings is 1. The van der Waals surface area contributed by atoms with Gasteiger partial charge < -0.3 is 30.5 Å². The van der Waals surface area contributed by atoms with Gasteiger partial charge in [0.1, 0.15) is 11.6 Å². The average molecular weight is 795 g/mol. The van der Waals surface area contributed by atoms with Crippen molar-refractivity contribution in [3.8, 4) is 5.75 Å². The van der Waals surface area contributed by atoms with Crippen molar-refractivity contribution in [1.29, 1.82) is 0 Å². The molecule has 5 aliphatic rings. The van der Waals surface area contributed by atoms with E-state index in [1.807, 2.05) is 18.2 Å². The lowest BCUT2D eigenvalue weighted by molar-refractivity contribution is -0.141. The van der Waals surface area contributed by atoms with Crippen LogP contribution >= 0.6 is 0 Å². The number of phenolic OH excluding ortho intramolecular Hbond substituents is 1. The van der Waals surface area contributed by atoms with Gasteiger partial charge in [-0.2, -0.15) is 18.3 Å². The maximum absolute atomic E-state index is 12.8. The first kappa shape index (κ1) is 41.2. The van der Waals surface area contributed by atoms with Crippen molar-refractivity contribution < 1.29 is 32.9 Å². The van der Waals surface area contributed by atoms with E-state index in [0.29, 0.717) is 61.1 Å². The lowest BCUT2D eigenvalue weighted by Crippen LogP contribution is -2.47. The van der Waals surface area contributed by atoms with Gasteiger partial charge in [0.25, 0.3) is 5.91 Å². The molecule has 3 aromatic rings. The molecule has 0 spiro atoms. The van der Waals surface area contributed by atoms with E-state index < -0.39 is 11.9 Å². The number of likely N-dealkylation sites (N-methyl/N-ethyl adjacent to an activating group) is 1. The van der Waals surface area contributed by atoms with Crippen LogP contribution < -0.4 is 10.6 Å². The molecule has 2 aliphatic heterocycles. The molecule has 4 N–H and O–H groups in total. The maximum Gasteiger partial charge on any atom is 0.434 e. The van der Waals surface area contributed by atoms with E-state index in [-0.39, 0.29) is 29.3 Å². The predicted octanol–water partition coefficient (Wildman–Crippen LogP) is 5.67. The number of nitrogens with one attached hydrogen (secondary N) is 2. The first-order valence-electron chi connectivity index (χ1n) is 20.6. The van der Waals surface area contributed by atoms with Gasteiger partial charge in [-0.05, 0) is 129 Å². The fraction of sp³-hybridized carbons (Fsp3) is 0.643. The number of aliphatic hydroxyl groups excluding tert-OH is 1. The second kappa shape index (κ2) is 17.9. The van der Waals surface area contributed by atoms with Gasteiger partial charge in [-0.3, -0.25) is 14.7 Å². The molecule has 12 nitrogen and oxygen atoms in total. The van der Waals surface area contributed by atoms with Crippen molar-refractivity contribution in [2.45, 2.75) is 95.5 Å². The van der Waals surface area contributed by atoms with Crippen LogP contribution in [-0.2, 0) is 23.9 Å². The van der Waals surface area contributed by atoms with Crippen LogP contribution in [0.15, 0.2) is 42.7 Å². The van der Waals surface area contributed by atoms with Crippen LogP contribution in [-0.4, -0.2) is 111 Å². The monoisotopic (exact) mass is 794 g/mol. The Hall–Kier alpha value is -3.92. The molecule has 2 saturated carbocycles. The lowest BCUT2D eigenvalue weighted by Gasteiger charge is -2.53. The third-order valence-electron chi connectivity index (χ3n) is 13.2. The number of fused-ring (bicyclic) bond motifs is 5. The highest BCUT2D eigenvalue weighted by molar-refractivity contribution is 5.91. The number of anilines is 1. The minimum atomic E-state index is -4.46. The standard InChI is InChI=1S/C32H45N5O3.C10H12F3N3O/c1-32-12-11-26-25-7-6-24(38)19-22(25)18-21(30(26)27(32)8-10-29(32)39)4-3-13-33-31(40)28-9-5-23(34-35-28)20-37-16-14-36(2)15-17-37;11-10(12,13)8-4-14-5-9(16-8)15-7-2-1-3-17-6-7/h5-7,9,19,21,26-27,29-30,38-39H,3-4,8,10-18,20H2,1-2H3,(H,33,40);4-5,7H,1-3,6H2,(H,15,16). The molecule has 0 radical (unpaired) electrons. The summed E-state index contributed by atoms with van der Waals surface area (Å²) in [4.78, 5) is 24.5. The van der Waals surface area contributed by atoms with Crippen LogP contribution in [0.25, 0.3) is 0 Å². The first-order chi connectivity index (χ1) is 27.4. The zero-order chi connectivity index (χ0) is 40.2. The Bertz CT molecular complexity index is 1800. The van der Waals surface area contributed by atoms with Crippen molar-refractivity contribution in [3.05, 3.63) is 70.9 Å². The van der Waals surface area contributed by atoms with Gasteiger partial charge in [-0.15, -0.1) is 5.10 Å². The minimum Gasteiger partial charge on any atom is -0.508 e. The molecule has 57 heavy (non-hydrogen) atoms. The molecular weight excluding hydrogens is 738 g/mol. The molecule has 15 heteroatoms. The van der Waals surface area contributed by atoms with E-state index in [0.717, 1.165) is 96.2 Å². The Labute approximate surface area is 333 Å². The topological polar surface area (TPSA) is 149 Å². The van der Waals surface area contributed by atoms with E-state index in [1.54, 1.807) is 6.07 Å². The molecule has 1 aromatic carbocycles. The molecule has 7 unspecified atom stereocenters. The van der Waals surface area contributed by atoms with E-state index in [2.05, 4.69) is 60.6 Å². The molecule has 2 saturated heterocycles. The van der Waals surface area contributed by atoms with Crippen LogP contribution in [0.4, 0.5) is 19.0 Å². The number of halogens is 3. The van der Waals surface area contributed by atoms with Crippen LogP contribution in [0.2, 0.25) is 0 Å². The SMILES string of the molecule is CN1CCN(Cc2ccc(C(=O)NCCCC3Cc4cc(O)ccc4C4CCC5(C)C(O)CCC5C34)nn2)CC1.FC(F)(F)c1cncc(NC2CCCOC2)n1. The molecule has 0 bridgehead atoms. The lowest BCUT2D eigenvalue weighted by atomic mass is 9.52. The number of nitrogens with zero attached hydrogens (tertiary/aromatic N) is 6. The van der Waals surface area contributed by atoms with Crippen molar-refractivity contribution >= 4 is 11.7 Å². The van der Waals surface area contributed by atoms with E-state index >= 15 is 0 Å². The Morgan fingerprint density at radius 1 is 1.05 bits per heavy atom. The summed E-state index contributed by atoms with van der Waals surface area (Å²) in [6.45, 7) is 9.04. The molecule has 4 fully saturated rings. The van der Waals surface area contributed by atoms with Crippen LogP contribution in [0.5, 0.6) is 5.75 Å². The zero-order valence-corrected chi connectivity index (χ0v) is 33.1.